The molecule has 0 radical (unpaired) electrons. The number of halogens is 1. The number of fused-ring (bicyclic) bond motifs is 1. The molecule has 6 atom stereocenters. The molecule has 4 rings (SSSR count). The summed E-state index contributed by atoms with van der Waals surface area (Å²) in [6, 6.07) is 4.79. The smallest absolute Gasteiger partial charge is 0.310 e. The molecule has 0 aliphatic carbocycles. The molecule has 1 N–H and O–H groups in total. The number of anilines is 1. The van der Waals surface area contributed by atoms with E-state index in [4.69, 9.17) is 16.3 Å². The van der Waals surface area contributed by atoms with E-state index < -0.39 is 22.6 Å². The monoisotopic (exact) mass is 588 g/mol. The van der Waals surface area contributed by atoms with E-state index in [1.165, 1.54) is 0 Å². The molecule has 3 fully saturated rings. The molecule has 40 heavy (non-hydrogen) atoms. The summed E-state index contributed by atoms with van der Waals surface area (Å²) in [5.41, 5.74) is 1.48. The Hall–Kier alpha value is -2.29. The Labute approximate surface area is 246 Å². The topological polar surface area (TPSA) is 87.1 Å². The fourth-order valence-electron chi connectivity index (χ4n) is 6.93. The van der Waals surface area contributed by atoms with Crippen LogP contribution in [0.3, 0.4) is 0 Å². The number of rotatable bonds is 14. The van der Waals surface area contributed by atoms with Gasteiger partial charge < -0.3 is 19.6 Å². The minimum absolute atomic E-state index is 0.0555. The third kappa shape index (κ3) is 5.35. The first kappa shape index (κ1) is 30.7. The van der Waals surface area contributed by atoms with Crippen LogP contribution in [0.25, 0.3) is 0 Å². The molecule has 7 nitrogen and oxygen atoms in total. The van der Waals surface area contributed by atoms with Crippen molar-refractivity contribution in [1.82, 2.24) is 4.90 Å². The van der Waals surface area contributed by atoms with Crippen molar-refractivity contribution in [2.75, 3.05) is 31.2 Å². The fourth-order valence-corrected chi connectivity index (χ4v) is 9.65. The Kier molecular flexibility index (Phi) is 10.1. The predicted octanol–water partition coefficient (Wildman–Crippen LogP) is 5.18. The van der Waals surface area contributed by atoms with Crippen molar-refractivity contribution in [1.29, 1.82) is 0 Å². The standard InChI is InChI=1S/C31H41ClN2O5S/c1-5-7-18-39-30(38)24-23-19-21(4)31(40-23)25(24)28(36)34(16-10-8-9-11-17-35)27(31)29(37)33(15-6-2)26-20(3)13-12-14-22(26)32/h5-6,12-14,21,23-25,27,35H,1-2,7-11,15-19H2,3-4H3/t21?,23-,24+,25+,27?,31?/m1/s1. The van der Waals surface area contributed by atoms with Crippen LogP contribution in [0.15, 0.2) is 43.5 Å². The van der Waals surface area contributed by atoms with E-state index in [2.05, 4.69) is 20.1 Å². The number of thioether (sulfide) groups is 1. The van der Waals surface area contributed by atoms with Crippen LogP contribution in [-0.2, 0) is 19.1 Å². The summed E-state index contributed by atoms with van der Waals surface area (Å²) in [4.78, 5) is 45.8. The number of carbonyl (C=O) groups is 3. The number of likely N-dealkylation sites (tertiary alicyclic amines) is 1. The Morgan fingerprint density at radius 1 is 1.25 bits per heavy atom. The molecule has 2 amide bonds. The van der Waals surface area contributed by atoms with Gasteiger partial charge in [-0.1, -0.05) is 55.7 Å². The maximum Gasteiger partial charge on any atom is 0.310 e. The zero-order chi connectivity index (χ0) is 29.0. The van der Waals surface area contributed by atoms with Crippen molar-refractivity contribution in [3.05, 3.63) is 54.1 Å². The van der Waals surface area contributed by atoms with Crippen molar-refractivity contribution in [3.8, 4) is 0 Å². The average Bonchev–Trinajstić information content (AvgIpc) is 3.51. The van der Waals surface area contributed by atoms with Crippen LogP contribution in [0.4, 0.5) is 5.69 Å². The first-order valence-electron chi connectivity index (χ1n) is 14.3. The van der Waals surface area contributed by atoms with Crippen LogP contribution >= 0.6 is 23.4 Å². The van der Waals surface area contributed by atoms with Crippen LogP contribution in [-0.4, -0.2) is 70.1 Å². The number of nitrogens with zero attached hydrogens (tertiary/aromatic N) is 2. The third-order valence-electron chi connectivity index (χ3n) is 8.66. The zero-order valence-electron chi connectivity index (χ0n) is 23.5. The molecule has 9 heteroatoms. The summed E-state index contributed by atoms with van der Waals surface area (Å²) in [7, 11) is 0. The predicted molar refractivity (Wildman–Crippen MR) is 160 cm³/mol. The lowest BCUT2D eigenvalue weighted by Crippen LogP contribution is -2.57. The molecule has 218 valence electrons. The van der Waals surface area contributed by atoms with E-state index in [1.54, 1.807) is 39.8 Å². The number of aliphatic hydroxyl groups excluding tert-OH is 1. The Balaban J connectivity index is 1.75. The zero-order valence-corrected chi connectivity index (χ0v) is 25.1. The molecule has 1 aromatic rings. The van der Waals surface area contributed by atoms with Gasteiger partial charge in [-0.15, -0.1) is 24.9 Å². The molecule has 3 aliphatic heterocycles. The van der Waals surface area contributed by atoms with Crippen molar-refractivity contribution >= 4 is 46.8 Å². The number of benzene rings is 1. The van der Waals surface area contributed by atoms with Gasteiger partial charge in [0.15, 0.2) is 0 Å². The summed E-state index contributed by atoms with van der Waals surface area (Å²) in [6.07, 6.45) is 7.76. The summed E-state index contributed by atoms with van der Waals surface area (Å²) >= 11 is 8.29. The molecule has 2 bridgehead atoms. The molecule has 0 aromatic heterocycles. The first-order chi connectivity index (χ1) is 19.2. The summed E-state index contributed by atoms with van der Waals surface area (Å²) in [5, 5.41) is 9.57. The number of carbonyl (C=O) groups excluding carboxylic acids is 3. The average molecular weight is 589 g/mol. The number of aliphatic hydroxyl groups is 1. The van der Waals surface area contributed by atoms with Crippen LogP contribution in [0.5, 0.6) is 0 Å². The van der Waals surface area contributed by atoms with Gasteiger partial charge >= 0.3 is 5.97 Å². The lowest BCUT2D eigenvalue weighted by atomic mass is 9.66. The second-order valence-electron chi connectivity index (χ2n) is 11.1. The third-order valence-corrected chi connectivity index (χ3v) is 11.0. The number of para-hydroxylation sites is 1. The number of hydrogen-bond donors (Lipinski definition) is 1. The normalized spacial score (nSPS) is 28.4. The molecule has 3 aliphatic rings. The van der Waals surface area contributed by atoms with Gasteiger partial charge in [0.1, 0.15) is 6.04 Å². The lowest BCUT2D eigenvalue weighted by molar-refractivity contribution is -0.154. The van der Waals surface area contributed by atoms with Gasteiger partial charge in [0.05, 0.1) is 33.9 Å². The van der Waals surface area contributed by atoms with Gasteiger partial charge in [-0.05, 0) is 50.2 Å². The molecular weight excluding hydrogens is 548 g/mol. The highest BCUT2D eigenvalue weighted by Crippen LogP contribution is 2.69. The van der Waals surface area contributed by atoms with E-state index in [-0.39, 0.29) is 48.7 Å². The van der Waals surface area contributed by atoms with Gasteiger partial charge in [-0.3, -0.25) is 14.4 Å². The van der Waals surface area contributed by atoms with E-state index in [9.17, 15) is 19.5 Å². The van der Waals surface area contributed by atoms with Gasteiger partial charge in [0.2, 0.25) is 5.91 Å². The number of unbranched alkanes of at least 4 members (excludes halogenated alkanes) is 3. The van der Waals surface area contributed by atoms with E-state index in [0.717, 1.165) is 24.8 Å². The van der Waals surface area contributed by atoms with Gasteiger partial charge in [0.25, 0.3) is 5.91 Å². The van der Waals surface area contributed by atoms with E-state index >= 15 is 0 Å². The van der Waals surface area contributed by atoms with Crippen LogP contribution in [0.1, 0.15) is 51.0 Å². The molecule has 1 aromatic carbocycles. The first-order valence-corrected chi connectivity index (χ1v) is 15.5. The second kappa shape index (κ2) is 13.1. The van der Waals surface area contributed by atoms with E-state index in [0.29, 0.717) is 36.5 Å². The summed E-state index contributed by atoms with van der Waals surface area (Å²) in [6.45, 7) is 12.6. The molecule has 3 unspecified atom stereocenters. The maximum atomic E-state index is 14.7. The second-order valence-corrected chi connectivity index (χ2v) is 13.1. The highest BCUT2D eigenvalue weighted by atomic mass is 35.5. The van der Waals surface area contributed by atoms with Crippen LogP contribution in [0.2, 0.25) is 5.02 Å². The number of amides is 2. The Bertz CT molecular complexity index is 1120. The van der Waals surface area contributed by atoms with Crippen molar-refractivity contribution in [2.24, 2.45) is 17.8 Å². The quantitative estimate of drug-likeness (QED) is 0.183. The van der Waals surface area contributed by atoms with Crippen molar-refractivity contribution < 1.29 is 24.2 Å². The van der Waals surface area contributed by atoms with Crippen molar-refractivity contribution in [3.63, 3.8) is 0 Å². The number of esters is 1. The minimum atomic E-state index is -0.741. The highest BCUT2D eigenvalue weighted by Gasteiger charge is 2.76. The molecule has 3 heterocycles. The molecule has 3 saturated heterocycles. The lowest BCUT2D eigenvalue weighted by Gasteiger charge is -2.40. The SMILES string of the molecule is C=CCCOC(=O)[C@@H]1[C@H]2C(=O)N(CCCCCCO)C(C(=O)N(CC=C)c3c(C)cccc3Cl)C23S[C@@H]1CC3C. The number of hydrogen-bond acceptors (Lipinski definition) is 6. The molecule has 0 saturated carbocycles. The minimum Gasteiger partial charge on any atom is -0.465 e. The Morgan fingerprint density at radius 3 is 2.67 bits per heavy atom. The largest absolute Gasteiger partial charge is 0.465 e. The van der Waals surface area contributed by atoms with Crippen LogP contribution in [0, 0.1) is 24.7 Å². The summed E-state index contributed by atoms with van der Waals surface area (Å²) in [5.74, 6) is -1.83. The summed E-state index contributed by atoms with van der Waals surface area (Å²) < 4.78 is 4.87. The Morgan fingerprint density at radius 2 is 2.00 bits per heavy atom. The fraction of sp³-hybridized carbons (Fsp3) is 0.581. The van der Waals surface area contributed by atoms with E-state index in [1.807, 2.05) is 19.1 Å². The number of ether oxygens (including phenoxy) is 1. The molecule has 1 spiro atoms. The van der Waals surface area contributed by atoms with Gasteiger partial charge in [0, 0.05) is 24.9 Å². The number of aryl methyl sites for hydroxylation is 1. The van der Waals surface area contributed by atoms with Crippen LogP contribution < -0.4 is 4.90 Å². The van der Waals surface area contributed by atoms with Gasteiger partial charge in [-0.2, -0.15) is 0 Å². The highest BCUT2D eigenvalue weighted by molar-refractivity contribution is 8.02. The van der Waals surface area contributed by atoms with Gasteiger partial charge in [-0.25, -0.2) is 0 Å². The maximum absolute atomic E-state index is 14.7. The molecular formula is C31H41ClN2O5S. The van der Waals surface area contributed by atoms with Crippen molar-refractivity contribution in [2.45, 2.75) is 68.4 Å².